The molecule has 1 aromatic carbocycles. The number of rotatable bonds is 2. The molecule has 0 radical (unpaired) electrons. The molecule has 1 fully saturated rings. The first-order valence-corrected chi connectivity index (χ1v) is 9.23. The zero-order valence-corrected chi connectivity index (χ0v) is 15.1. The van der Waals surface area contributed by atoms with Gasteiger partial charge in [-0.1, -0.05) is 37.3 Å². The molecule has 1 amide bonds. The average Bonchev–Trinajstić information content (AvgIpc) is 2.68. The van der Waals surface area contributed by atoms with E-state index in [-0.39, 0.29) is 11.4 Å². The van der Waals surface area contributed by atoms with E-state index in [2.05, 4.69) is 28.3 Å². The second-order valence-electron chi connectivity index (χ2n) is 7.31. The van der Waals surface area contributed by atoms with Gasteiger partial charge >= 0.3 is 0 Å². The van der Waals surface area contributed by atoms with E-state index in [0.717, 1.165) is 31.5 Å². The first-order chi connectivity index (χ1) is 13.1. The number of aromatic amines is 1. The number of aromatic nitrogens is 2. The Hall–Kier alpha value is -3.14. The Balaban J connectivity index is 1.80. The molecule has 0 aliphatic carbocycles. The van der Waals surface area contributed by atoms with Gasteiger partial charge in [0.15, 0.2) is 0 Å². The zero-order chi connectivity index (χ0) is 19.0. The lowest BCUT2D eigenvalue weighted by Gasteiger charge is -2.32. The minimum Gasteiger partial charge on any atom is -0.342 e. The second kappa shape index (κ2) is 6.88. The third-order valence-corrected chi connectivity index (χ3v) is 5.49. The van der Waals surface area contributed by atoms with Crippen LogP contribution in [0.3, 0.4) is 0 Å². The largest absolute Gasteiger partial charge is 0.342 e. The number of nitriles is 1. The van der Waals surface area contributed by atoms with Crippen LogP contribution in [-0.2, 0) is 4.79 Å². The number of fused-ring (bicyclic) bond motifs is 1. The number of anilines is 2. The molecule has 2 atom stereocenters. The third-order valence-electron chi connectivity index (χ3n) is 5.49. The third kappa shape index (κ3) is 3.08. The molecule has 0 unspecified atom stereocenters. The molecule has 2 aliphatic rings. The summed E-state index contributed by atoms with van der Waals surface area (Å²) in [4.78, 5) is 34.9. The number of amides is 1. The number of carbonyl (C=O) groups is 1. The van der Waals surface area contributed by atoms with E-state index in [0.29, 0.717) is 17.4 Å². The maximum absolute atomic E-state index is 13.0. The highest BCUT2D eigenvalue weighted by Crippen LogP contribution is 2.38. The van der Waals surface area contributed by atoms with Crippen molar-refractivity contribution in [3.8, 4) is 6.07 Å². The van der Waals surface area contributed by atoms with E-state index < -0.39 is 17.7 Å². The summed E-state index contributed by atoms with van der Waals surface area (Å²) in [7, 11) is 0. The van der Waals surface area contributed by atoms with Gasteiger partial charge in [-0.2, -0.15) is 10.2 Å². The van der Waals surface area contributed by atoms with Crippen LogP contribution in [0.2, 0.25) is 0 Å². The fourth-order valence-corrected chi connectivity index (χ4v) is 3.89. The lowest BCUT2D eigenvalue weighted by Crippen LogP contribution is -2.40. The highest BCUT2D eigenvalue weighted by atomic mass is 16.2. The molecule has 0 saturated carbocycles. The fraction of sp³-hybridized carbons (Fsp3) is 0.400. The topological polar surface area (TPSA) is 102 Å². The van der Waals surface area contributed by atoms with Gasteiger partial charge in [0.2, 0.25) is 11.9 Å². The Kier molecular flexibility index (Phi) is 4.40. The molecule has 27 heavy (non-hydrogen) atoms. The monoisotopic (exact) mass is 363 g/mol. The number of H-pyrrole nitrogens is 1. The molecule has 1 aromatic heterocycles. The van der Waals surface area contributed by atoms with Gasteiger partial charge in [0.1, 0.15) is 11.7 Å². The van der Waals surface area contributed by atoms with E-state index in [1.54, 1.807) is 0 Å². The molecule has 3 heterocycles. The number of hydrogen-bond donors (Lipinski definition) is 2. The number of benzene rings is 1. The van der Waals surface area contributed by atoms with Crippen LogP contribution in [0.25, 0.3) is 0 Å². The van der Waals surface area contributed by atoms with E-state index in [1.807, 2.05) is 35.2 Å². The lowest BCUT2D eigenvalue weighted by atomic mass is 9.79. The van der Waals surface area contributed by atoms with Crippen molar-refractivity contribution in [2.24, 2.45) is 11.8 Å². The van der Waals surface area contributed by atoms with Crippen molar-refractivity contribution in [2.75, 3.05) is 23.3 Å². The van der Waals surface area contributed by atoms with E-state index in [1.165, 1.54) is 0 Å². The van der Waals surface area contributed by atoms with Crippen LogP contribution in [-0.4, -0.2) is 29.0 Å². The standard InChI is InChI=1S/C20H21N5O2/c1-12-7-9-25(10-8-12)20-23-17-16(19(27)24-20)15(13-5-3-2-4-6-13)14(11-21)18(26)22-17/h2-6,12,14-15H,7-10H2,1H3,(H2,22,23,24,26,27)/t14-,15+/m1/s1. The maximum Gasteiger partial charge on any atom is 0.258 e. The number of piperidine rings is 1. The van der Waals surface area contributed by atoms with Crippen molar-refractivity contribution in [3.05, 3.63) is 51.8 Å². The van der Waals surface area contributed by atoms with Gasteiger partial charge < -0.3 is 10.2 Å². The lowest BCUT2D eigenvalue weighted by molar-refractivity contribution is -0.119. The molecule has 0 spiro atoms. The SMILES string of the molecule is CC1CCN(c2nc3c(c(=O)[nH]2)[C@@H](c2ccccc2)[C@@H](C#N)C(=O)N3)CC1. The predicted octanol–water partition coefficient (Wildman–Crippen LogP) is 2.23. The van der Waals surface area contributed by atoms with Crippen molar-refractivity contribution < 1.29 is 4.79 Å². The smallest absolute Gasteiger partial charge is 0.258 e. The number of hydrogen-bond acceptors (Lipinski definition) is 5. The minimum absolute atomic E-state index is 0.262. The van der Waals surface area contributed by atoms with Gasteiger partial charge in [0.05, 0.1) is 11.6 Å². The molecular formula is C20H21N5O2. The Labute approximate surface area is 157 Å². The average molecular weight is 363 g/mol. The first kappa shape index (κ1) is 17.3. The second-order valence-corrected chi connectivity index (χ2v) is 7.31. The van der Waals surface area contributed by atoms with Crippen molar-refractivity contribution in [1.82, 2.24) is 9.97 Å². The normalized spacial score (nSPS) is 22.7. The van der Waals surface area contributed by atoms with E-state index in [9.17, 15) is 14.9 Å². The number of carbonyl (C=O) groups excluding carboxylic acids is 1. The van der Waals surface area contributed by atoms with Crippen LogP contribution in [0.5, 0.6) is 0 Å². The van der Waals surface area contributed by atoms with E-state index >= 15 is 0 Å². The van der Waals surface area contributed by atoms with Gasteiger partial charge in [-0.3, -0.25) is 14.6 Å². The summed E-state index contributed by atoms with van der Waals surface area (Å²) in [5.74, 6) is -0.624. The summed E-state index contributed by atoms with van der Waals surface area (Å²) in [5, 5.41) is 12.2. The van der Waals surface area contributed by atoms with Gasteiger partial charge in [-0.15, -0.1) is 0 Å². The minimum atomic E-state index is -0.968. The molecule has 0 bridgehead atoms. The molecule has 2 aromatic rings. The van der Waals surface area contributed by atoms with Gasteiger partial charge in [-0.05, 0) is 24.3 Å². The Bertz CT molecular complexity index is 955. The highest BCUT2D eigenvalue weighted by molar-refractivity contribution is 5.97. The molecule has 2 aliphatic heterocycles. The molecule has 7 heteroatoms. The molecule has 138 valence electrons. The van der Waals surface area contributed by atoms with Crippen LogP contribution < -0.4 is 15.8 Å². The van der Waals surface area contributed by atoms with E-state index in [4.69, 9.17) is 0 Å². The van der Waals surface area contributed by atoms with Crippen molar-refractivity contribution in [3.63, 3.8) is 0 Å². The van der Waals surface area contributed by atoms with Crippen LogP contribution in [0.15, 0.2) is 35.1 Å². The Morgan fingerprint density at radius 2 is 1.89 bits per heavy atom. The van der Waals surface area contributed by atoms with Crippen LogP contribution in [0, 0.1) is 23.2 Å². The summed E-state index contributed by atoms with van der Waals surface area (Å²) in [6.07, 6.45) is 2.08. The Morgan fingerprint density at radius 3 is 2.56 bits per heavy atom. The summed E-state index contributed by atoms with van der Waals surface area (Å²) in [6.45, 7) is 3.85. The van der Waals surface area contributed by atoms with Gasteiger partial charge in [-0.25, -0.2) is 0 Å². The van der Waals surface area contributed by atoms with Crippen molar-refractivity contribution in [1.29, 1.82) is 5.26 Å². The van der Waals surface area contributed by atoms with Crippen LogP contribution >= 0.6 is 0 Å². The number of nitrogens with one attached hydrogen (secondary N) is 2. The first-order valence-electron chi connectivity index (χ1n) is 9.23. The summed E-state index contributed by atoms with van der Waals surface area (Å²) in [6, 6.07) is 11.2. The van der Waals surface area contributed by atoms with Crippen LogP contribution in [0.4, 0.5) is 11.8 Å². The molecule has 2 N–H and O–H groups in total. The highest BCUT2D eigenvalue weighted by Gasteiger charge is 2.40. The molecular weight excluding hydrogens is 342 g/mol. The summed E-state index contributed by atoms with van der Waals surface area (Å²) >= 11 is 0. The summed E-state index contributed by atoms with van der Waals surface area (Å²) in [5.41, 5.74) is 0.802. The fourth-order valence-electron chi connectivity index (χ4n) is 3.89. The maximum atomic E-state index is 13.0. The summed E-state index contributed by atoms with van der Waals surface area (Å²) < 4.78 is 0. The van der Waals surface area contributed by atoms with Crippen molar-refractivity contribution >= 4 is 17.7 Å². The molecule has 4 rings (SSSR count). The van der Waals surface area contributed by atoms with Crippen molar-refractivity contribution in [2.45, 2.75) is 25.7 Å². The predicted molar refractivity (Wildman–Crippen MR) is 101 cm³/mol. The Morgan fingerprint density at radius 1 is 1.19 bits per heavy atom. The molecule has 7 nitrogen and oxygen atoms in total. The van der Waals surface area contributed by atoms with Gasteiger partial charge in [0, 0.05) is 19.0 Å². The zero-order valence-electron chi connectivity index (χ0n) is 15.1. The number of nitrogens with zero attached hydrogens (tertiary/aromatic N) is 3. The quantitative estimate of drug-likeness (QED) is 0.852. The molecule has 1 saturated heterocycles. The van der Waals surface area contributed by atoms with Gasteiger partial charge in [0.25, 0.3) is 5.56 Å². The van der Waals surface area contributed by atoms with Crippen LogP contribution in [0.1, 0.15) is 36.8 Å².